The molecule has 1 aliphatic heterocycles. The number of hydrogen-bond donors (Lipinski definition) is 1. The summed E-state index contributed by atoms with van der Waals surface area (Å²) in [5, 5.41) is 11.8. The Hall–Kier alpha value is -2.14. The molecule has 1 saturated heterocycles. The maximum atomic E-state index is 12.0. The highest BCUT2D eigenvalue weighted by molar-refractivity contribution is 5.83. The number of nitrogens with zero attached hydrogens (tertiary/aromatic N) is 2. The molecule has 0 radical (unpaired) electrons. The van der Waals surface area contributed by atoms with Crippen LogP contribution in [-0.4, -0.2) is 39.8 Å². The van der Waals surface area contributed by atoms with Crippen LogP contribution in [0.1, 0.15) is 26.3 Å². The third-order valence-corrected chi connectivity index (χ3v) is 3.69. The molecule has 2 aromatic rings. The summed E-state index contributed by atoms with van der Waals surface area (Å²) in [6.07, 6.45) is 1.31. The van der Waals surface area contributed by atoms with Crippen LogP contribution in [0, 0.1) is 0 Å². The summed E-state index contributed by atoms with van der Waals surface area (Å²) in [4.78, 5) is 17.9. The second kappa shape index (κ2) is 4.95. The molecule has 1 aromatic heterocycles. The molecule has 0 bridgehead atoms. The van der Waals surface area contributed by atoms with Crippen molar-refractivity contribution in [1.82, 2.24) is 9.88 Å². The van der Waals surface area contributed by atoms with Crippen molar-refractivity contribution in [2.45, 2.75) is 32.0 Å². The first-order valence-electron chi connectivity index (χ1n) is 7.33. The van der Waals surface area contributed by atoms with Gasteiger partial charge in [0.15, 0.2) is 0 Å². The molecule has 0 atom stereocenters. The molecule has 1 N–H and O–H groups in total. The first-order chi connectivity index (χ1) is 10.3. The second-order valence-electron chi connectivity index (χ2n) is 6.75. The smallest absolute Gasteiger partial charge is 0.410 e. The van der Waals surface area contributed by atoms with E-state index < -0.39 is 17.3 Å². The van der Waals surface area contributed by atoms with E-state index in [0.717, 1.165) is 16.5 Å². The molecule has 3 rings (SSSR count). The maximum Gasteiger partial charge on any atom is 0.410 e. The van der Waals surface area contributed by atoms with Crippen molar-refractivity contribution in [3.8, 4) is 0 Å². The summed E-state index contributed by atoms with van der Waals surface area (Å²) in [6, 6.07) is 9.54. The van der Waals surface area contributed by atoms with Crippen LogP contribution in [0.2, 0.25) is 0 Å². The van der Waals surface area contributed by atoms with Crippen molar-refractivity contribution in [2.24, 2.45) is 0 Å². The fourth-order valence-electron chi connectivity index (χ4n) is 2.69. The molecule has 2 heterocycles. The van der Waals surface area contributed by atoms with Gasteiger partial charge in [-0.3, -0.25) is 4.98 Å². The zero-order chi connectivity index (χ0) is 16.0. The van der Waals surface area contributed by atoms with Crippen molar-refractivity contribution < 1.29 is 14.6 Å². The quantitative estimate of drug-likeness (QED) is 0.879. The van der Waals surface area contributed by atoms with E-state index in [2.05, 4.69) is 4.98 Å². The van der Waals surface area contributed by atoms with E-state index >= 15 is 0 Å². The zero-order valence-corrected chi connectivity index (χ0v) is 13.0. The first kappa shape index (κ1) is 14.8. The number of likely N-dealkylation sites (tertiary alicyclic amines) is 1. The molecule has 116 valence electrons. The lowest BCUT2D eigenvalue weighted by Gasteiger charge is -2.46. The Morgan fingerprint density at radius 1 is 1.27 bits per heavy atom. The monoisotopic (exact) mass is 300 g/mol. The van der Waals surface area contributed by atoms with Crippen molar-refractivity contribution in [1.29, 1.82) is 0 Å². The predicted octanol–water partition coefficient (Wildman–Crippen LogP) is 2.67. The number of carbonyl (C=O) groups excluding carboxylic acids is 1. The van der Waals surface area contributed by atoms with E-state index in [1.165, 1.54) is 4.90 Å². The Labute approximate surface area is 129 Å². The highest BCUT2D eigenvalue weighted by atomic mass is 16.6. The van der Waals surface area contributed by atoms with Gasteiger partial charge in [0, 0.05) is 17.1 Å². The Balaban J connectivity index is 1.81. The molecule has 0 aliphatic carbocycles. The van der Waals surface area contributed by atoms with Gasteiger partial charge >= 0.3 is 6.09 Å². The normalized spacial score (nSPS) is 17.2. The van der Waals surface area contributed by atoms with Crippen LogP contribution in [0.4, 0.5) is 4.79 Å². The van der Waals surface area contributed by atoms with Gasteiger partial charge in [0.1, 0.15) is 11.2 Å². The molecule has 0 unspecified atom stereocenters. The fourth-order valence-corrected chi connectivity index (χ4v) is 2.69. The van der Waals surface area contributed by atoms with Crippen LogP contribution >= 0.6 is 0 Å². The number of para-hydroxylation sites is 1. The minimum Gasteiger partial charge on any atom is -0.444 e. The Kier molecular flexibility index (Phi) is 3.33. The van der Waals surface area contributed by atoms with Crippen LogP contribution in [0.3, 0.4) is 0 Å². The molecule has 5 nitrogen and oxygen atoms in total. The van der Waals surface area contributed by atoms with Crippen molar-refractivity contribution in [3.05, 3.63) is 42.1 Å². The lowest BCUT2D eigenvalue weighted by molar-refractivity contribution is -0.102. The molecule has 1 fully saturated rings. The maximum absolute atomic E-state index is 12.0. The van der Waals surface area contributed by atoms with Crippen LogP contribution in [-0.2, 0) is 10.3 Å². The van der Waals surface area contributed by atoms with Crippen LogP contribution in [0.25, 0.3) is 10.9 Å². The lowest BCUT2D eigenvalue weighted by atomic mass is 9.85. The average Bonchev–Trinajstić information content (AvgIpc) is 2.41. The summed E-state index contributed by atoms with van der Waals surface area (Å²) in [5.74, 6) is 0. The number of amides is 1. The summed E-state index contributed by atoms with van der Waals surface area (Å²) in [5.41, 5.74) is -0.0712. The SMILES string of the molecule is CC(C)(C)OC(=O)N1CC(O)(c2cccc3cccnc23)C1. The number of fused-ring (bicyclic) bond motifs is 1. The summed E-state index contributed by atoms with van der Waals surface area (Å²) < 4.78 is 5.32. The molecule has 1 aliphatic rings. The van der Waals surface area contributed by atoms with Gasteiger partial charge in [0.25, 0.3) is 0 Å². The van der Waals surface area contributed by atoms with E-state index in [9.17, 15) is 9.90 Å². The summed E-state index contributed by atoms with van der Waals surface area (Å²) in [7, 11) is 0. The summed E-state index contributed by atoms with van der Waals surface area (Å²) in [6.45, 7) is 5.91. The van der Waals surface area contributed by atoms with Gasteiger partial charge in [-0.2, -0.15) is 0 Å². The Morgan fingerprint density at radius 2 is 1.95 bits per heavy atom. The number of carbonyl (C=O) groups is 1. The molecule has 0 spiro atoms. The Morgan fingerprint density at radius 3 is 2.64 bits per heavy atom. The molecule has 5 heteroatoms. The number of aliphatic hydroxyl groups is 1. The van der Waals surface area contributed by atoms with Gasteiger partial charge < -0.3 is 14.7 Å². The summed E-state index contributed by atoms with van der Waals surface area (Å²) >= 11 is 0. The van der Waals surface area contributed by atoms with E-state index in [4.69, 9.17) is 4.74 Å². The van der Waals surface area contributed by atoms with Gasteiger partial charge in [0.05, 0.1) is 18.6 Å². The molecule has 1 amide bonds. The minimum absolute atomic E-state index is 0.220. The largest absolute Gasteiger partial charge is 0.444 e. The van der Waals surface area contributed by atoms with Gasteiger partial charge in [-0.1, -0.05) is 24.3 Å². The second-order valence-corrected chi connectivity index (χ2v) is 6.75. The molecule has 1 aromatic carbocycles. The van der Waals surface area contributed by atoms with E-state index in [0.29, 0.717) is 0 Å². The number of ether oxygens (including phenoxy) is 1. The van der Waals surface area contributed by atoms with Gasteiger partial charge in [-0.05, 0) is 26.8 Å². The number of benzene rings is 1. The number of β-amino-alcohol motifs (C(OH)–C–C–N with tert-alkyl or cyclic N) is 1. The molecular weight excluding hydrogens is 280 g/mol. The van der Waals surface area contributed by atoms with E-state index in [1.54, 1.807) is 6.20 Å². The van der Waals surface area contributed by atoms with Gasteiger partial charge in [-0.15, -0.1) is 0 Å². The average molecular weight is 300 g/mol. The topological polar surface area (TPSA) is 62.7 Å². The molecule has 0 saturated carbocycles. The highest BCUT2D eigenvalue weighted by Gasteiger charge is 2.47. The fraction of sp³-hybridized carbons (Fsp3) is 0.412. The van der Waals surface area contributed by atoms with Crippen LogP contribution in [0.15, 0.2) is 36.5 Å². The number of hydrogen-bond acceptors (Lipinski definition) is 4. The predicted molar refractivity (Wildman–Crippen MR) is 83.4 cm³/mol. The molecular formula is C17H20N2O3. The van der Waals surface area contributed by atoms with E-state index in [-0.39, 0.29) is 13.1 Å². The standard InChI is InChI=1S/C17H20N2O3/c1-16(2,3)22-15(20)19-10-17(21,11-19)13-8-4-6-12-7-5-9-18-14(12)13/h4-9,21H,10-11H2,1-3H3. The van der Waals surface area contributed by atoms with Gasteiger partial charge in [-0.25, -0.2) is 4.79 Å². The third-order valence-electron chi connectivity index (χ3n) is 3.69. The van der Waals surface area contributed by atoms with E-state index in [1.807, 2.05) is 51.1 Å². The van der Waals surface area contributed by atoms with Crippen molar-refractivity contribution in [2.75, 3.05) is 13.1 Å². The number of pyridine rings is 1. The first-order valence-corrected chi connectivity index (χ1v) is 7.33. The van der Waals surface area contributed by atoms with Crippen LogP contribution < -0.4 is 0 Å². The van der Waals surface area contributed by atoms with Crippen LogP contribution in [0.5, 0.6) is 0 Å². The highest BCUT2D eigenvalue weighted by Crippen LogP contribution is 2.36. The van der Waals surface area contributed by atoms with Gasteiger partial charge in [0.2, 0.25) is 0 Å². The number of rotatable bonds is 1. The molecule has 22 heavy (non-hydrogen) atoms. The van der Waals surface area contributed by atoms with Crippen molar-refractivity contribution in [3.63, 3.8) is 0 Å². The number of aromatic nitrogens is 1. The Bertz CT molecular complexity index is 710. The zero-order valence-electron chi connectivity index (χ0n) is 13.0. The minimum atomic E-state index is -1.06. The lowest BCUT2D eigenvalue weighted by Crippen LogP contribution is -2.62. The third kappa shape index (κ3) is 2.64. The van der Waals surface area contributed by atoms with Crippen molar-refractivity contribution >= 4 is 17.0 Å².